The summed E-state index contributed by atoms with van der Waals surface area (Å²) in [5, 5.41) is 0. The molecule has 11 rings (SSSR count). The smallest absolute Gasteiger partial charge is 0.241 e. The Labute approximate surface area is 433 Å². The highest BCUT2D eigenvalue weighted by Gasteiger charge is 2.27. The van der Waals surface area contributed by atoms with E-state index in [1.807, 2.05) is 89.8 Å². The van der Waals surface area contributed by atoms with Gasteiger partial charge in [0.05, 0.1) is 17.1 Å². The first-order valence-corrected chi connectivity index (χ1v) is 24.9. The second-order valence-corrected chi connectivity index (χ2v) is 18.9. The van der Waals surface area contributed by atoms with Crippen molar-refractivity contribution in [3.63, 3.8) is 0 Å². The Morgan fingerprint density at radius 1 is 0.243 bits per heavy atom. The van der Waals surface area contributed by atoms with Crippen molar-refractivity contribution in [1.82, 2.24) is 29.9 Å². The minimum Gasteiger partial charge on any atom is -0.309 e. The maximum Gasteiger partial charge on any atom is 0.241 e. The van der Waals surface area contributed by atoms with Gasteiger partial charge < -0.3 is 4.90 Å². The van der Waals surface area contributed by atoms with Crippen LogP contribution in [0.25, 0.3) is 67.8 Å². The van der Waals surface area contributed by atoms with Gasteiger partial charge in [-0.25, -0.2) is 14.9 Å². The molecular formula is C66H54N8. The first kappa shape index (κ1) is 47.0. The molecule has 9 aromatic carbocycles. The number of nitrogens with zero attached hydrogens (tertiary/aromatic N) is 8. The average Bonchev–Trinajstić information content (AvgIpc) is 3.43. The number of hydrogen-bond acceptors (Lipinski definition) is 8. The van der Waals surface area contributed by atoms with Gasteiger partial charge in [-0.05, 0) is 122 Å². The lowest BCUT2D eigenvalue weighted by Crippen LogP contribution is -2.19. The molecule has 0 bridgehead atoms. The summed E-state index contributed by atoms with van der Waals surface area (Å²) in [5.41, 5.74) is 18.9. The number of benzene rings is 9. The molecule has 0 aliphatic carbocycles. The molecule has 8 nitrogen and oxygen atoms in total. The van der Waals surface area contributed by atoms with E-state index in [0.717, 1.165) is 67.3 Å². The molecule has 0 atom stereocenters. The van der Waals surface area contributed by atoms with Crippen LogP contribution in [-0.2, 0) is 0 Å². The van der Waals surface area contributed by atoms with Gasteiger partial charge in [-0.3, -0.25) is 0 Å². The summed E-state index contributed by atoms with van der Waals surface area (Å²) in [6.45, 7) is 13.1. The zero-order valence-electron chi connectivity index (χ0n) is 42.4. The molecule has 0 unspecified atom stereocenters. The molecule has 0 N–H and O–H groups in total. The molecule has 0 fully saturated rings. The highest BCUT2D eigenvalue weighted by Crippen LogP contribution is 2.44. The molecule has 2 heterocycles. The van der Waals surface area contributed by atoms with Crippen LogP contribution in [0.3, 0.4) is 0 Å². The van der Waals surface area contributed by atoms with Gasteiger partial charge in [-0.2, -0.15) is 19.9 Å². The van der Waals surface area contributed by atoms with Crippen LogP contribution in [0.4, 0.5) is 34.6 Å². The number of aryl methyl sites for hydroxylation is 6. The molecule has 0 saturated carbocycles. The van der Waals surface area contributed by atoms with Crippen molar-refractivity contribution in [2.45, 2.75) is 41.5 Å². The third-order valence-electron chi connectivity index (χ3n) is 13.3. The Kier molecular flexibility index (Phi) is 12.9. The van der Waals surface area contributed by atoms with E-state index in [1.54, 1.807) is 0 Å². The van der Waals surface area contributed by atoms with Gasteiger partial charge in [0.15, 0.2) is 23.3 Å². The third kappa shape index (κ3) is 9.69. The van der Waals surface area contributed by atoms with Crippen molar-refractivity contribution in [1.29, 1.82) is 0 Å². The Balaban J connectivity index is 1.16. The lowest BCUT2D eigenvalue weighted by atomic mass is 9.99. The van der Waals surface area contributed by atoms with Crippen LogP contribution in [0.1, 0.15) is 33.4 Å². The zero-order valence-corrected chi connectivity index (χ0v) is 42.4. The number of anilines is 6. The largest absolute Gasteiger partial charge is 0.309 e. The van der Waals surface area contributed by atoms with Crippen molar-refractivity contribution < 1.29 is 0 Å². The van der Waals surface area contributed by atoms with Gasteiger partial charge in [0.25, 0.3) is 0 Å². The average molecular weight is 959 g/mol. The summed E-state index contributed by atoms with van der Waals surface area (Å²) in [5.74, 6) is 2.70. The van der Waals surface area contributed by atoms with E-state index in [-0.39, 0.29) is 0 Å². The van der Waals surface area contributed by atoms with Crippen LogP contribution < -0.4 is 9.80 Å². The fraction of sp³-hybridized carbons (Fsp3) is 0.0909. The normalized spacial score (nSPS) is 11.1. The van der Waals surface area contributed by atoms with Crippen molar-refractivity contribution in [2.75, 3.05) is 9.80 Å². The molecule has 2 aromatic heterocycles. The molecule has 0 radical (unpaired) electrons. The maximum atomic E-state index is 5.38. The van der Waals surface area contributed by atoms with E-state index in [1.165, 1.54) is 33.4 Å². The summed E-state index contributed by atoms with van der Waals surface area (Å²) >= 11 is 0. The maximum absolute atomic E-state index is 5.38. The second-order valence-electron chi connectivity index (χ2n) is 18.9. The molecule has 0 spiro atoms. The standard InChI is InChI=1S/C66H54N8/c1-43-37-45(3)59(46(4)38-43)73(60-47(5)39-44(2)40-48(60)6)57-33-35-58(36-34-57)74(65-69-61(51-25-15-9-16-26-51)67-63(71-65)55-31-19-29-53(41-55)49-21-11-7-12-22-49)66-70-62(52-27-17-10-18-28-52)68-64(72-66)56-32-20-30-54(42-56)50-23-13-8-14-24-50/h7-42H,1-6H3. The van der Waals surface area contributed by atoms with Gasteiger partial charge in [-0.1, -0.05) is 193 Å². The minimum absolute atomic E-state index is 0.341. The fourth-order valence-corrected chi connectivity index (χ4v) is 10.0. The molecule has 8 heteroatoms. The first-order chi connectivity index (χ1) is 36.1. The van der Waals surface area contributed by atoms with E-state index >= 15 is 0 Å². The third-order valence-corrected chi connectivity index (χ3v) is 13.3. The molecule has 74 heavy (non-hydrogen) atoms. The molecule has 0 aliphatic heterocycles. The van der Waals surface area contributed by atoms with Crippen LogP contribution in [-0.4, -0.2) is 29.9 Å². The van der Waals surface area contributed by atoms with E-state index < -0.39 is 0 Å². The quantitative estimate of drug-likeness (QED) is 0.120. The lowest BCUT2D eigenvalue weighted by molar-refractivity contribution is 0.964. The molecule has 11 aromatic rings. The Morgan fingerprint density at radius 3 is 0.878 bits per heavy atom. The van der Waals surface area contributed by atoms with Gasteiger partial charge in [0, 0.05) is 27.9 Å². The topological polar surface area (TPSA) is 83.8 Å². The summed E-state index contributed by atoms with van der Waals surface area (Å²) in [6, 6.07) is 75.1. The highest BCUT2D eigenvalue weighted by molar-refractivity contribution is 5.86. The molecule has 0 amide bonds. The van der Waals surface area contributed by atoms with E-state index in [9.17, 15) is 0 Å². The summed E-state index contributed by atoms with van der Waals surface area (Å²) in [6.07, 6.45) is 0. The van der Waals surface area contributed by atoms with Crippen LogP contribution >= 0.6 is 0 Å². The van der Waals surface area contributed by atoms with Gasteiger partial charge in [0.2, 0.25) is 11.9 Å². The monoisotopic (exact) mass is 958 g/mol. The number of hydrogen-bond donors (Lipinski definition) is 0. The minimum atomic E-state index is 0.341. The van der Waals surface area contributed by atoms with Crippen LogP contribution in [0, 0.1) is 41.5 Å². The molecular weight excluding hydrogens is 905 g/mol. The molecule has 0 aliphatic rings. The van der Waals surface area contributed by atoms with Crippen molar-refractivity contribution >= 4 is 34.6 Å². The summed E-state index contributed by atoms with van der Waals surface area (Å²) in [4.78, 5) is 36.2. The van der Waals surface area contributed by atoms with Crippen molar-refractivity contribution in [3.8, 4) is 67.8 Å². The van der Waals surface area contributed by atoms with Crippen molar-refractivity contribution in [3.05, 3.63) is 252 Å². The van der Waals surface area contributed by atoms with Crippen LogP contribution in [0.5, 0.6) is 0 Å². The SMILES string of the molecule is Cc1cc(C)c(N(c2ccc(N(c3nc(-c4ccccc4)nc(-c4cccc(-c5ccccc5)c4)n3)c3nc(-c4ccccc4)nc(-c4cccc(-c5ccccc5)c4)n3)cc2)c2c(C)cc(C)cc2C)c(C)c1. The van der Waals surface area contributed by atoms with E-state index in [2.05, 4.69) is 180 Å². The second kappa shape index (κ2) is 20.4. The van der Waals surface area contributed by atoms with Crippen LogP contribution in [0.2, 0.25) is 0 Å². The molecule has 358 valence electrons. The Morgan fingerprint density at radius 2 is 0.527 bits per heavy atom. The highest BCUT2D eigenvalue weighted by atomic mass is 15.4. The molecule has 0 saturated heterocycles. The van der Waals surface area contributed by atoms with Gasteiger partial charge >= 0.3 is 0 Å². The lowest BCUT2D eigenvalue weighted by Gasteiger charge is -2.32. The first-order valence-electron chi connectivity index (χ1n) is 24.9. The van der Waals surface area contributed by atoms with Gasteiger partial charge in [-0.15, -0.1) is 0 Å². The zero-order chi connectivity index (χ0) is 50.7. The summed E-state index contributed by atoms with van der Waals surface area (Å²) in [7, 11) is 0. The van der Waals surface area contributed by atoms with Crippen molar-refractivity contribution in [2.24, 2.45) is 0 Å². The predicted octanol–water partition coefficient (Wildman–Crippen LogP) is 16.8. The van der Waals surface area contributed by atoms with E-state index in [0.29, 0.717) is 35.2 Å². The Hall–Kier alpha value is -9.40. The Bertz CT molecular complexity index is 3510. The van der Waals surface area contributed by atoms with Crippen LogP contribution in [0.15, 0.2) is 218 Å². The number of rotatable bonds is 12. The predicted molar refractivity (Wildman–Crippen MR) is 304 cm³/mol. The number of aromatic nitrogens is 6. The summed E-state index contributed by atoms with van der Waals surface area (Å²) < 4.78 is 0. The van der Waals surface area contributed by atoms with E-state index in [4.69, 9.17) is 29.9 Å². The fourth-order valence-electron chi connectivity index (χ4n) is 10.0. The van der Waals surface area contributed by atoms with Gasteiger partial charge in [0.1, 0.15) is 0 Å².